The van der Waals surface area contributed by atoms with Gasteiger partial charge in [0, 0.05) is 24.9 Å². The molecule has 0 saturated heterocycles. The predicted octanol–water partition coefficient (Wildman–Crippen LogP) is 3.55. The van der Waals surface area contributed by atoms with E-state index in [1.165, 1.54) is 11.3 Å². The molecule has 0 saturated carbocycles. The van der Waals surface area contributed by atoms with Crippen LogP contribution in [0.15, 0.2) is 24.4 Å². The van der Waals surface area contributed by atoms with Gasteiger partial charge in [0.25, 0.3) is 5.91 Å². The van der Waals surface area contributed by atoms with E-state index in [1.807, 2.05) is 25.1 Å². The average molecular weight is 317 g/mol. The molecule has 1 N–H and O–H groups in total. The smallest absolute Gasteiger partial charge is 0.263 e. The summed E-state index contributed by atoms with van der Waals surface area (Å²) in [6, 6.07) is 5.92. The van der Waals surface area contributed by atoms with Crippen LogP contribution in [0.2, 0.25) is 0 Å². The second kappa shape index (κ2) is 8.63. The van der Waals surface area contributed by atoms with Gasteiger partial charge in [0.2, 0.25) is 0 Å². The summed E-state index contributed by atoms with van der Waals surface area (Å²) in [6.45, 7) is 4.80. The number of nitrogens with one attached hydrogen (secondary N) is 1. The van der Waals surface area contributed by atoms with Crippen LogP contribution in [0, 0.1) is 6.92 Å². The molecule has 0 aliphatic rings. The van der Waals surface area contributed by atoms with Gasteiger partial charge in [-0.15, -0.1) is 11.3 Å². The Kier molecular flexibility index (Phi) is 6.52. The molecule has 0 aliphatic heterocycles. The zero-order valence-corrected chi connectivity index (χ0v) is 14.1. The van der Waals surface area contributed by atoms with Gasteiger partial charge in [0.15, 0.2) is 0 Å². The molecule has 4 nitrogen and oxygen atoms in total. The topological polar surface area (TPSA) is 54.9 Å². The van der Waals surface area contributed by atoms with Crippen molar-refractivity contribution >= 4 is 17.2 Å². The largest absolute Gasteiger partial charge is 0.351 e. The third kappa shape index (κ3) is 4.91. The van der Waals surface area contributed by atoms with Gasteiger partial charge in [-0.2, -0.15) is 0 Å². The van der Waals surface area contributed by atoms with Crippen LogP contribution < -0.4 is 5.32 Å². The molecule has 0 aromatic carbocycles. The van der Waals surface area contributed by atoms with Crippen molar-refractivity contribution in [3.05, 3.63) is 45.7 Å². The van der Waals surface area contributed by atoms with Crippen molar-refractivity contribution in [1.29, 1.82) is 0 Å². The SMILES string of the molecule is CCCCCNC(=O)c1sc(CCc2ccccn2)nc1C. The number of unbranched alkanes of at least 4 members (excludes halogenated alkanes) is 2. The highest BCUT2D eigenvalue weighted by atomic mass is 32.1. The number of carbonyl (C=O) groups excluding carboxylic acids is 1. The number of rotatable bonds is 8. The molecule has 2 aromatic heterocycles. The van der Waals surface area contributed by atoms with E-state index in [0.29, 0.717) is 0 Å². The van der Waals surface area contributed by atoms with Gasteiger partial charge >= 0.3 is 0 Å². The highest BCUT2D eigenvalue weighted by Crippen LogP contribution is 2.19. The average Bonchev–Trinajstić information content (AvgIpc) is 2.91. The van der Waals surface area contributed by atoms with E-state index in [-0.39, 0.29) is 5.91 Å². The summed E-state index contributed by atoms with van der Waals surface area (Å²) in [6.07, 6.45) is 6.83. The highest BCUT2D eigenvalue weighted by molar-refractivity contribution is 7.13. The highest BCUT2D eigenvalue weighted by Gasteiger charge is 2.14. The van der Waals surface area contributed by atoms with Gasteiger partial charge in [0.1, 0.15) is 4.88 Å². The first-order valence-electron chi connectivity index (χ1n) is 7.85. The monoisotopic (exact) mass is 317 g/mol. The van der Waals surface area contributed by atoms with E-state index < -0.39 is 0 Å². The van der Waals surface area contributed by atoms with Crippen molar-refractivity contribution in [2.75, 3.05) is 6.54 Å². The number of hydrogen-bond acceptors (Lipinski definition) is 4. The molecular formula is C17H23N3OS. The Morgan fingerprint density at radius 3 is 2.86 bits per heavy atom. The first kappa shape index (κ1) is 16.6. The van der Waals surface area contributed by atoms with E-state index in [0.717, 1.165) is 59.9 Å². The van der Waals surface area contributed by atoms with Crippen molar-refractivity contribution in [2.45, 2.75) is 46.0 Å². The number of aromatic nitrogens is 2. The number of aryl methyl sites for hydroxylation is 3. The molecule has 0 aliphatic carbocycles. The fraction of sp³-hybridized carbons (Fsp3) is 0.471. The van der Waals surface area contributed by atoms with Crippen molar-refractivity contribution in [3.8, 4) is 0 Å². The molecule has 0 radical (unpaired) electrons. The summed E-state index contributed by atoms with van der Waals surface area (Å²) in [5, 5.41) is 3.98. The molecular weight excluding hydrogens is 294 g/mol. The van der Waals surface area contributed by atoms with Crippen LogP contribution in [0.4, 0.5) is 0 Å². The molecule has 5 heteroatoms. The minimum Gasteiger partial charge on any atom is -0.351 e. The molecule has 0 spiro atoms. The summed E-state index contributed by atoms with van der Waals surface area (Å²) >= 11 is 1.50. The summed E-state index contributed by atoms with van der Waals surface area (Å²) in [4.78, 5) is 21.7. The van der Waals surface area contributed by atoms with Crippen LogP contribution in [0.3, 0.4) is 0 Å². The maximum Gasteiger partial charge on any atom is 0.263 e. The first-order chi connectivity index (χ1) is 10.7. The molecule has 0 bridgehead atoms. The Labute approximate surface area is 136 Å². The van der Waals surface area contributed by atoms with Crippen molar-refractivity contribution in [2.24, 2.45) is 0 Å². The van der Waals surface area contributed by atoms with E-state index in [2.05, 4.69) is 22.2 Å². The lowest BCUT2D eigenvalue weighted by Gasteiger charge is -2.02. The zero-order chi connectivity index (χ0) is 15.8. The molecule has 118 valence electrons. The van der Waals surface area contributed by atoms with Crippen LogP contribution in [-0.2, 0) is 12.8 Å². The first-order valence-corrected chi connectivity index (χ1v) is 8.66. The van der Waals surface area contributed by atoms with Gasteiger partial charge in [0.05, 0.1) is 10.7 Å². The summed E-state index contributed by atoms with van der Waals surface area (Å²) < 4.78 is 0. The van der Waals surface area contributed by atoms with Gasteiger partial charge in [-0.25, -0.2) is 4.98 Å². The fourth-order valence-electron chi connectivity index (χ4n) is 2.21. The standard InChI is InChI=1S/C17H23N3OS/c1-3-4-6-12-19-17(21)16-13(2)20-15(22-16)10-9-14-8-5-7-11-18-14/h5,7-8,11H,3-4,6,9-10,12H2,1-2H3,(H,19,21). The normalized spacial score (nSPS) is 10.6. The van der Waals surface area contributed by atoms with Crippen molar-refractivity contribution in [1.82, 2.24) is 15.3 Å². The fourth-order valence-corrected chi connectivity index (χ4v) is 3.19. The quantitative estimate of drug-likeness (QED) is 0.758. The lowest BCUT2D eigenvalue weighted by Crippen LogP contribution is -2.24. The van der Waals surface area contributed by atoms with E-state index >= 15 is 0 Å². The Bertz CT molecular complexity index is 595. The van der Waals surface area contributed by atoms with Gasteiger partial charge in [-0.1, -0.05) is 25.8 Å². The summed E-state index contributed by atoms with van der Waals surface area (Å²) in [5.74, 6) is 0.00943. The Morgan fingerprint density at radius 1 is 1.27 bits per heavy atom. The minimum absolute atomic E-state index is 0.00943. The van der Waals surface area contributed by atoms with Crippen LogP contribution in [0.1, 0.15) is 52.3 Å². The van der Waals surface area contributed by atoms with Crippen molar-refractivity contribution < 1.29 is 4.79 Å². The number of thiazole rings is 1. The van der Waals surface area contributed by atoms with E-state index in [9.17, 15) is 4.79 Å². The minimum atomic E-state index is 0.00943. The number of amides is 1. The third-order valence-corrected chi connectivity index (χ3v) is 4.65. The van der Waals surface area contributed by atoms with Crippen LogP contribution in [-0.4, -0.2) is 22.4 Å². The molecule has 22 heavy (non-hydrogen) atoms. The van der Waals surface area contributed by atoms with E-state index in [1.54, 1.807) is 6.20 Å². The zero-order valence-electron chi connectivity index (χ0n) is 13.3. The molecule has 0 unspecified atom stereocenters. The lowest BCUT2D eigenvalue weighted by molar-refractivity contribution is 0.0956. The second-order valence-electron chi connectivity index (χ2n) is 5.31. The predicted molar refractivity (Wildman–Crippen MR) is 90.4 cm³/mol. The summed E-state index contributed by atoms with van der Waals surface area (Å²) in [5.41, 5.74) is 1.88. The van der Waals surface area contributed by atoms with Gasteiger partial charge in [-0.05, 0) is 31.9 Å². The lowest BCUT2D eigenvalue weighted by atomic mass is 10.2. The maximum atomic E-state index is 12.2. The Balaban J connectivity index is 1.88. The van der Waals surface area contributed by atoms with E-state index in [4.69, 9.17) is 0 Å². The maximum absolute atomic E-state index is 12.2. The van der Waals surface area contributed by atoms with Gasteiger partial charge < -0.3 is 5.32 Å². The van der Waals surface area contributed by atoms with Crippen LogP contribution in [0.25, 0.3) is 0 Å². The molecule has 2 heterocycles. The Hall–Kier alpha value is -1.75. The number of pyridine rings is 1. The van der Waals surface area contributed by atoms with Gasteiger partial charge in [-0.3, -0.25) is 9.78 Å². The molecule has 2 rings (SSSR count). The number of nitrogens with zero attached hydrogens (tertiary/aromatic N) is 2. The molecule has 1 amide bonds. The molecule has 0 fully saturated rings. The van der Waals surface area contributed by atoms with Crippen LogP contribution in [0.5, 0.6) is 0 Å². The number of hydrogen-bond donors (Lipinski definition) is 1. The Morgan fingerprint density at radius 2 is 2.14 bits per heavy atom. The van der Waals surface area contributed by atoms with Crippen molar-refractivity contribution in [3.63, 3.8) is 0 Å². The summed E-state index contributed by atoms with van der Waals surface area (Å²) in [7, 11) is 0. The third-order valence-electron chi connectivity index (χ3n) is 3.43. The number of carbonyl (C=O) groups is 1. The molecule has 2 aromatic rings. The molecule has 0 atom stereocenters. The second-order valence-corrected chi connectivity index (χ2v) is 6.39. The van der Waals surface area contributed by atoms with Crippen LogP contribution >= 0.6 is 11.3 Å².